The molecule has 116 valence electrons. The topological polar surface area (TPSA) is 34.5 Å². The fourth-order valence-electron chi connectivity index (χ4n) is 3.05. The Morgan fingerprint density at radius 2 is 1.77 bits per heavy atom. The maximum absolute atomic E-state index is 12.7. The number of hydrogen-bond acceptors (Lipinski definition) is 2. The molecule has 0 N–H and O–H groups in total. The number of likely N-dealkylation sites (tertiary alicyclic amines) is 1. The van der Waals surface area contributed by atoms with Gasteiger partial charge in [-0.25, -0.2) is 0 Å². The Balaban J connectivity index is 1.95. The number of amides is 1. The summed E-state index contributed by atoms with van der Waals surface area (Å²) in [7, 11) is 3.67. The van der Waals surface area contributed by atoms with Crippen molar-refractivity contribution in [3.8, 4) is 17.0 Å². The van der Waals surface area contributed by atoms with E-state index in [1.54, 1.807) is 7.11 Å². The van der Waals surface area contributed by atoms with E-state index in [4.69, 9.17) is 4.74 Å². The van der Waals surface area contributed by atoms with Gasteiger partial charge < -0.3 is 14.2 Å². The van der Waals surface area contributed by atoms with E-state index in [-0.39, 0.29) is 5.91 Å². The summed E-state index contributed by atoms with van der Waals surface area (Å²) < 4.78 is 7.29. The van der Waals surface area contributed by atoms with Crippen molar-refractivity contribution in [2.45, 2.75) is 19.8 Å². The summed E-state index contributed by atoms with van der Waals surface area (Å²) in [6.07, 6.45) is 2.23. The Hall–Kier alpha value is -2.23. The van der Waals surface area contributed by atoms with Crippen LogP contribution in [0.1, 0.15) is 28.9 Å². The second-order valence-electron chi connectivity index (χ2n) is 5.82. The van der Waals surface area contributed by atoms with E-state index in [1.165, 1.54) is 0 Å². The van der Waals surface area contributed by atoms with Gasteiger partial charge in [-0.2, -0.15) is 0 Å². The molecule has 1 aliphatic rings. The highest BCUT2D eigenvalue weighted by Crippen LogP contribution is 2.28. The molecule has 1 aliphatic heterocycles. The monoisotopic (exact) mass is 298 g/mol. The van der Waals surface area contributed by atoms with Crippen molar-refractivity contribution in [2.75, 3.05) is 20.2 Å². The first-order valence-corrected chi connectivity index (χ1v) is 7.72. The molecule has 3 rings (SSSR count). The Kier molecular flexibility index (Phi) is 3.92. The van der Waals surface area contributed by atoms with Gasteiger partial charge in [0.1, 0.15) is 5.75 Å². The van der Waals surface area contributed by atoms with Crippen LogP contribution < -0.4 is 4.74 Å². The van der Waals surface area contributed by atoms with Crippen LogP contribution in [-0.2, 0) is 7.05 Å². The summed E-state index contributed by atoms with van der Waals surface area (Å²) >= 11 is 0. The van der Waals surface area contributed by atoms with E-state index in [0.29, 0.717) is 0 Å². The minimum atomic E-state index is 0.158. The lowest BCUT2D eigenvalue weighted by Gasteiger charge is -2.14. The van der Waals surface area contributed by atoms with Gasteiger partial charge >= 0.3 is 0 Å². The number of nitrogens with zero attached hydrogens (tertiary/aromatic N) is 2. The van der Waals surface area contributed by atoms with E-state index in [0.717, 1.165) is 54.2 Å². The molecule has 1 amide bonds. The van der Waals surface area contributed by atoms with E-state index in [1.807, 2.05) is 49.2 Å². The van der Waals surface area contributed by atoms with Crippen LogP contribution in [0.3, 0.4) is 0 Å². The fourth-order valence-corrected chi connectivity index (χ4v) is 3.05. The van der Waals surface area contributed by atoms with Crippen LogP contribution in [0, 0.1) is 6.92 Å². The third-order valence-electron chi connectivity index (χ3n) is 4.54. The SMILES string of the molecule is COc1ccc(-c2cc(C(=O)N3CCCC3)c(C)n2C)cc1. The maximum Gasteiger partial charge on any atom is 0.255 e. The highest BCUT2D eigenvalue weighted by Gasteiger charge is 2.23. The van der Waals surface area contributed by atoms with Crippen molar-refractivity contribution in [3.63, 3.8) is 0 Å². The Morgan fingerprint density at radius 3 is 2.36 bits per heavy atom. The van der Waals surface area contributed by atoms with Crippen molar-refractivity contribution in [1.82, 2.24) is 9.47 Å². The van der Waals surface area contributed by atoms with Crippen molar-refractivity contribution in [3.05, 3.63) is 41.6 Å². The molecule has 2 aromatic rings. The van der Waals surface area contributed by atoms with Crippen LogP contribution in [0.15, 0.2) is 30.3 Å². The highest BCUT2D eigenvalue weighted by atomic mass is 16.5. The molecule has 1 fully saturated rings. The van der Waals surface area contributed by atoms with Crippen LogP contribution in [0.5, 0.6) is 5.75 Å². The second kappa shape index (κ2) is 5.87. The molecule has 22 heavy (non-hydrogen) atoms. The van der Waals surface area contributed by atoms with Crippen LogP contribution in [0.2, 0.25) is 0 Å². The van der Waals surface area contributed by atoms with Gasteiger partial charge in [0.15, 0.2) is 0 Å². The summed E-state index contributed by atoms with van der Waals surface area (Å²) in [5, 5.41) is 0. The smallest absolute Gasteiger partial charge is 0.255 e. The van der Waals surface area contributed by atoms with E-state index in [2.05, 4.69) is 4.57 Å². The first-order valence-electron chi connectivity index (χ1n) is 7.72. The van der Waals surface area contributed by atoms with Gasteiger partial charge in [-0.05, 0) is 55.7 Å². The number of carbonyl (C=O) groups excluding carboxylic acids is 1. The molecular weight excluding hydrogens is 276 g/mol. The molecule has 0 saturated carbocycles. The summed E-state index contributed by atoms with van der Waals surface area (Å²) in [6.45, 7) is 3.77. The molecule has 0 aliphatic carbocycles. The van der Waals surface area contributed by atoms with Gasteiger partial charge in [0.2, 0.25) is 0 Å². The van der Waals surface area contributed by atoms with Gasteiger partial charge in [0.25, 0.3) is 5.91 Å². The quantitative estimate of drug-likeness (QED) is 0.872. The fraction of sp³-hybridized carbons (Fsp3) is 0.389. The van der Waals surface area contributed by atoms with Crippen molar-refractivity contribution in [1.29, 1.82) is 0 Å². The van der Waals surface area contributed by atoms with Crippen molar-refractivity contribution in [2.24, 2.45) is 7.05 Å². The van der Waals surface area contributed by atoms with Gasteiger partial charge in [-0.3, -0.25) is 4.79 Å². The standard InChI is InChI=1S/C18H22N2O2/c1-13-16(18(21)20-10-4-5-11-20)12-17(19(13)2)14-6-8-15(22-3)9-7-14/h6-9,12H,4-5,10-11H2,1-3H3. The summed E-state index contributed by atoms with van der Waals surface area (Å²) in [4.78, 5) is 14.6. The summed E-state index contributed by atoms with van der Waals surface area (Å²) in [5.74, 6) is 0.994. The third-order valence-corrected chi connectivity index (χ3v) is 4.54. The van der Waals surface area contributed by atoms with Gasteiger partial charge in [0.05, 0.1) is 12.7 Å². The normalized spacial score (nSPS) is 14.4. The lowest BCUT2D eigenvalue weighted by Crippen LogP contribution is -2.27. The molecule has 0 spiro atoms. The van der Waals surface area contributed by atoms with Crippen molar-refractivity contribution >= 4 is 5.91 Å². The molecule has 0 unspecified atom stereocenters. The third kappa shape index (κ3) is 2.49. The molecule has 1 aromatic heterocycles. The molecular formula is C18H22N2O2. The van der Waals surface area contributed by atoms with E-state index < -0.39 is 0 Å². The van der Waals surface area contributed by atoms with Crippen LogP contribution in [0.4, 0.5) is 0 Å². The van der Waals surface area contributed by atoms with Gasteiger partial charge in [-0.15, -0.1) is 0 Å². The predicted octanol–water partition coefficient (Wildman–Crippen LogP) is 3.25. The Labute approximate surface area is 131 Å². The number of aromatic nitrogens is 1. The minimum absolute atomic E-state index is 0.158. The molecule has 1 aromatic carbocycles. The largest absolute Gasteiger partial charge is 0.497 e. The van der Waals surface area contributed by atoms with Crippen LogP contribution in [0.25, 0.3) is 11.3 Å². The first-order chi connectivity index (χ1) is 10.6. The number of rotatable bonds is 3. The average molecular weight is 298 g/mol. The van der Waals surface area contributed by atoms with Crippen molar-refractivity contribution < 1.29 is 9.53 Å². The number of carbonyl (C=O) groups is 1. The number of ether oxygens (including phenoxy) is 1. The van der Waals surface area contributed by atoms with Crippen LogP contribution in [-0.4, -0.2) is 35.6 Å². The molecule has 0 radical (unpaired) electrons. The zero-order valence-electron chi connectivity index (χ0n) is 13.4. The maximum atomic E-state index is 12.7. The lowest BCUT2D eigenvalue weighted by atomic mass is 10.1. The molecule has 1 saturated heterocycles. The molecule has 4 heteroatoms. The van der Waals surface area contributed by atoms with E-state index in [9.17, 15) is 4.79 Å². The number of hydrogen-bond donors (Lipinski definition) is 0. The molecule has 0 atom stereocenters. The average Bonchev–Trinajstić information content (AvgIpc) is 3.17. The number of benzene rings is 1. The van der Waals surface area contributed by atoms with Gasteiger partial charge in [-0.1, -0.05) is 0 Å². The molecule has 2 heterocycles. The van der Waals surface area contributed by atoms with Crippen LogP contribution >= 0.6 is 0 Å². The molecule has 0 bridgehead atoms. The summed E-state index contributed by atoms with van der Waals surface area (Å²) in [6, 6.07) is 9.95. The number of methoxy groups -OCH3 is 1. The predicted molar refractivity (Wildman–Crippen MR) is 87.3 cm³/mol. The van der Waals surface area contributed by atoms with E-state index >= 15 is 0 Å². The molecule has 4 nitrogen and oxygen atoms in total. The van der Waals surface area contributed by atoms with Gasteiger partial charge in [0, 0.05) is 31.5 Å². The summed E-state index contributed by atoms with van der Waals surface area (Å²) in [5.41, 5.74) is 3.98. The Bertz CT molecular complexity index is 680. The first kappa shape index (κ1) is 14.7. The second-order valence-corrected chi connectivity index (χ2v) is 5.82. The Morgan fingerprint density at radius 1 is 1.14 bits per heavy atom. The zero-order chi connectivity index (χ0) is 15.7. The zero-order valence-corrected chi connectivity index (χ0v) is 13.4. The lowest BCUT2D eigenvalue weighted by molar-refractivity contribution is 0.0792. The minimum Gasteiger partial charge on any atom is -0.497 e. The highest BCUT2D eigenvalue weighted by molar-refractivity contribution is 5.97.